The highest BCUT2D eigenvalue weighted by atomic mass is 16.5. The Bertz CT molecular complexity index is 1020. The maximum absolute atomic E-state index is 11.9. The van der Waals surface area contributed by atoms with E-state index in [9.17, 15) is 4.79 Å². The predicted octanol–water partition coefficient (Wildman–Crippen LogP) is 4.07. The van der Waals surface area contributed by atoms with Crippen LogP contribution in [0.3, 0.4) is 0 Å². The Morgan fingerprint density at radius 2 is 1.90 bits per heavy atom. The normalized spacial score (nSPS) is 10.8. The first kappa shape index (κ1) is 20.1. The molecule has 0 aliphatic heterocycles. The van der Waals surface area contributed by atoms with E-state index in [4.69, 9.17) is 9.47 Å². The minimum absolute atomic E-state index is 0.257. The van der Waals surface area contributed by atoms with Gasteiger partial charge in [-0.2, -0.15) is 5.10 Å². The molecule has 0 spiro atoms. The fourth-order valence-corrected chi connectivity index (χ4v) is 2.64. The van der Waals surface area contributed by atoms with Crippen molar-refractivity contribution in [1.82, 2.24) is 9.97 Å². The van der Waals surface area contributed by atoms with Gasteiger partial charge in [-0.1, -0.05) is 37.3 Å². The number of ether oxygens (including phenoxy) is 2. The molecular weight excluding hydrogens is 368 g/mol. The maximum Gasteiger partial charge on any atom is 0.252 e. The van der Waals surface area contributed by atoms with Crippen LogP contribution < -0.4 is 20.5 Å². The van der Waals surface area contributed by atoms with Gasteiger partial charge >= 0.3 is 0 Å². The zero-order chi connectivity index (χ0) is 20.5. The van der Waals surface area contributed by atoms with E-state index in [1.54, 1.807) is 6.21 Å². The highest BCUT2D eigenvalue weighted by Crippen LogP contribution is 2.28. The van der Waals surface area contributed by atoms with Crippen molar-refractivity contribution in [2.45, 2.75) is 20.3 Å². The largest absolute Gasteiger partial charge is 0.490 e. The highest BCUT2D eigenvalue weighted by molar-refractivity contribution is 5.81. The van der Waals surface area contributed by atoms with Crippen LogP contribution in [-0.4, -0.2) is 29.4 Å². The smallest absolute Gasteiger partial charge is 0.252 e. The van der Waals surface area contributed by atoms with Crippen molar-refractivity contribution in [3.8, 4) is 22.8 Å². The second kappa shape index (κ2) is 10.1. The molecule has 0 saturated carbocycles. The van der Waals surface area contributed by atoms with E-state index in [0.29, 0.717) is 30.4 Å². The molecule has 0 amide bonds. The monoisotopic (exact) mass is 392 g/mol. The van der Waals surface area contributed by atoms with Gasteiger partial charge in [0.2, 0.25) is 5.95 Å². The molecule has 3 rings (SSSR count). The molecule has 0 radical (unpaired) electrons. The number of aromatic amines is 1. The van der Waals surface area contributed by atoms with E-state index in [1.165, 1.54) is 6.07 Å². The van der Waals surface area contributed by atoms with Gasteiger partial charge in [-0.05, 0) is 37.1 Å². The first-order valence-corrected chi connectivity index (χ1v) is 9.55. The van der Waals surface area contributed by atoms with Crippen molar-refractivity contribution in [2.24, 2.45) is 5.10 Å². The van der Waals surface area contributed by atoms with Gasteiger partial charge in [0, 0.05) is 11.6 Å². The molecule has 150 valence electrons. The van der Waals surface area contributed by atoms with Gasteiger partial charge in [0.1, 0.15) is 0 Å². The zero-order valence-corrected chi connectivity index (χ0v) is 16.5. The van der Waals surface area contributed by atoms with Gasteiger partial charge in [0.15, 0.2) is 11.5 Å². The molecule has 7 heteroatoms. The van der Waals surface area contributed by atoms with Crippen LogP contribution in [0.5, 0.6) is 11.5 Å². The number of anilines is 1. The summed E-state index contributed by atoms with van der Waals surface area (Å²) in [7, 11) is 0. The first-order chi connectivity index (χ1) is 14.2. The van der Waals surface area contributed by atoms with Gasteiger partial charge in [0.25, 0.3) is 5.56 Å². The summed E-state index contributed by atoms with van der Waals surface area (Å²) in [5, 5.41) is 4.18. The lowest BCUT2D eigenvalue weighted by molar-refractivity contribution is 0.277. The Hall–Kier alpha value is -3.61. The number of hydrogen-bond acceptors (Lipinski definition) is 6. The van der Waals surface area contributed by atoms with Crippen molar-refractivity contribution in [3.05, 3.63) is 70.5 Å². The number of benzene rings is 2. The van der Waals surface area contributed by atoms with Crippen LogP contribution in [0, 0.1) is 0 Å². The molecule has 7 nitrogen and oxygen atoms in total. The summed E-state index contributed by atoms with van der Waals surface area (Å²) in [5.74, 6) is 1.64. The second-order valence-electron chi connectivity index (χ2n) is 6.20. The van der Waals surface area contributed by atoms with Crippen molar-refractivity contribution in [2.75, 3.05) is 18.6 Å². The third-order valence-corrected chi connectivity index (χ3v) is 3.92. The molecule has 0 unspecified atom stereocenters. The van der Waals surface area contributed by atoms with Gasteiger partial charge in [-0.3, -0.25) is 9.78 Å². The average molecular weight is 392 g/mol. The maximum atomic E-state index is 11.9. The number of aromatic nitrogens is 2. The van der Waals surface area contributed by atoms with Gasteiger partial charge in [-0.15, -0.1) is 0 Å². The van der Waals surface area contributed by atoms with Crippen LogP contribution >= 0.6 is 0 Å². The van der Waals surface area contributed by atoms with E-state index in [-0.39, 0.29) is 11.5 Å². The number of rotatable bonds is 9. The SMILES string of the molecule is CCCOc1ccc(/C=N\Nc2nc(-c3ccccc3)cc(=O)[nH]2)cc1OCC. The molecule has 0 atom stereocenters. The topological polar surface area (TPSA) is 88.6 Å². The van der Waals surface area contributed by atoms with Crippen molar-refractivity contribution in [1.29, 1.82) is 0 Å². The second-order valence-corrected chi connectivity index (χ2v) is 6.20. The Kier molecular flexibility index (Phi) is 7.00. The molecule has 2 aromatic carbocycles. The van der Waals surface area contributed by atoms with Crippen LogP contribution in [0.2, 0.25) is 0 Å². The summed E-state index contributed by atoms with van der Waals surface area (Å²) >= 11 is 0. The van der Waals surface area contributed by atoms with Crippen LogP contribution in [0.25, 0.3) is 11.3 Å². The molecule has 1 aromatic heterocycles. The number of H-pyrrole nitrogens is 1. The summed E-state index contributed by atoms with van der Waals surface area (Å²) in [4.78, 5) is 19.0. The van der Waals surface area contributed by atoms with E-state index < -0.39 is 0 Å². The lowest BCUT2D eigenvalue weighted by Crippen LogP contribution is -2.10. The van der Waals surface area contributed by atoms with E-state index in [0.717, 1.165) is 17.5 Å². The molecule has 0 fully saturated rings. The summed E-state index contributed by atoms with van der Waals surface area (Å²) in [6.45, 7) is 5.15. The van der Waals surface area contributed by atoms with E-state index in [1.807, 2.05) is 55.5 Å². The van der Waals surface area contributed by atoms with Gasteiger partial charge < -0.3 is 9.47 Å². The number of hydrazone groups is 1. The molecule has 29 heavy (non-hydrogen) atoms. The van der Waals surface area contributed by atoms with Gasteiger partial charge in [-0.25, -0.2) is 10.4 Å². The lowest BCUT2D eigenvalue weighted by Gasteiger charge is -2.11. The summed E-state index contributed by atoms with van der Waals surface area (Å²) in [6.07, 6.45) is 2.55. The highest BCUT2D eigenvalue weighted by Gasteiger charge is 2.06. The third kappa shape index (κ3) is 5.68. The Balaban J connectivity index is 1.75. The van der Waals surface area contributed by atoms with Crippen LogP contribution in [0.1, 0.15) is 25.8 Å². The fraction of sp³-hybridized carbons (Fsp3) is 0.227. The van der Waals surface area contributed by atoms with Crippen LogP contribution in [0.4, 0.5) is 5.95 Å². The molecule has 1 heterocycles. The number of hydrogen-bond donors (Lipinski definition) is 2. The molecule has 0 aliphatic rings. The quantitative estimate of drug-likeness (QED) is 0.423. The molecule has 3 aromatic rings. The molecular formula is C22H24N4O3. The minimum atomic E-state index is -0.257. The Labute approximate surface area is 169 Å². The Morgan fingerprint density at radius 3 is 2.66 bits per heavy atom. The number of nitrogens with zero attached hydrogens (tertiary/aromatic N) is 2. The molecule has 2 N–H and O–H groups in total. The summed E-state index contributed by atoms with van der Waals surface area (Å²) < 4.78 is 11.4. The zero-order valence-electron chi connectivity index (χ0n) is 16.5. The fourth-order valence-electron chi connectivity index (χ4n) is 2.64. The summed E-state index contributed by atoms with van der Waals surface area (Å²) in [5.41, 5.74) is 4.77. The minimum Gasteiger partial charge on any atom is -0.490 e. The molecule has 0 aliphatic carbocycles. The number of nitrogens with one attached hydrogen (secondary N) is 2. The first-order valence-electron chi connectivity index (χ1n) is 9.55. The van der Waals surface area contributed by atoms with Crippen LogP contribution in [0.15, 0.2) is 64.5 Å². The van der Waals surface area contributed by atoms with Crippen molar-refractivity contribution in [3.63, 3.8) is 0 Å². The van der Waals surface area contributed by atoms with Crippen LogP contribution in [-0.2, 0) is 0 Å². The van der Waals surface area contributed by atoms with E-state index >= 15 is 0 Å². The third-order valence-electron chi connectivity index (χ3n) is 3.92. The Morgan fingerprint density at radius 1 is 1.07 bits per heavy atom. The summed E-state index contributed by atoms with van der Waals surface area (Å²) in [6, 6.07) is 16.5. The molecule has 0 saturated heterocycles. The van der Waals surface area contributed by atoms with Crippen molar-refractivity contribution < 1.29 is 9.47 Å². The average Bonchev–Trinajstić information content (AvgIpc) is 2.74. The standard InChI is InChI=1S/C22H24N4O3/c1-3-12-29-19-11-10-16(13-20(19)28-4-2)15-23-26-22-24-18(14-21(27)25-22)17-8-6-5-7-9-17/h5-11,13-15H,3-4,12H2,1-2H3,(H2,24,25,26,27)/b23-15-. The van der Waals surface area contributed by atoms with Gasteiger partial charge in [0.05, 0.1) is 25.1 Å². The van der Waals surface area contributed by atoms with Crippen molar-refractivity contribution >= 4 is 12.2 Å². The van der Waals surface area contributed by atoms with E-state index in [2.05, 4.69) is 27.4 Å². The lowest BCUT2D eigenvalue weighted by atomic mass is 10.1. The predicted molar refractivity (Wildman–Crippen MR) is 115 cm³/mol. The molecule has 0 bridgehead atoms.